The highest BCUT2D eigenvalue weighted by atomic mass is 16.5. The Morgan fingerprint density at radius 1 is 1.16 bits per heavy atom. The smallest absolute Gasteiger partial charge is 0.251 e. The van der Waals surface area contributed by atoms with Gasteiger partial charge in [-0.15, -0.1) is 0 Å². The molecular weight excluding hydrogens is 482 g/mol. The number of benzene rings is 2. The van der Waals surface area contributed by atoms with Gasteiger partial charge in [-0.2, -0.15) is 0 Å². The Morgan fingerprint density at radius 3 is 2.74 bits per heavy atom. The summed E-state index contributed by atoms with van der Waals surface area (Å²) in [6.07, 6.45) is 2.88. The Morgan fingerprint density at radius 2 is 1.97 bits per heavy atom. The summed E-state index contributed by atoms with van der Waals surface area (Å²) in [4.78, 5) is 32.3. The first-order valence-electron chi connectivity index (χ1n) is 13.3. The topological polar surface area (TPSA) is 116 Å². The van der Waals surface area contributed by atoms with Gasteiger partial charge in [0.25, 0.3) is 5.91 Å². The Labute approximate surface area is 222 Å². The van der Waals surface area contributed by atoms with Crippen LogP contribution in [0.15, 0.2) is 54.6 Å². The minimum atomic E-state index is -0.488. The maximum atomic E-state index is 13.1. The average molecular weight is 518 g/mol. The number of ether oxygens (including phenoxy) is 1. The van der Waals surface area contributed by atoms with Gasteiger partial charge in [0.1, 0.15) is 12.4 Å². The molecule has 1 aromatic heterocycles. The van der Waals surface area contributed by atoms with Crippen molar-refractivity contribution in [3.63, 3.8) is 0 Å². The van der Waals surface area contributed by atoms with Gasteiger partial charge in [0, 0.05) is 41.3 Å². The zero-order valence-corrected chi connectivity index (χ0v) is 21.7. The third-order valence-electron chi connectivity index (χ3n) is 7.54. The van der Waals surface area contributed by atoms with Crippen molar-refractivity contribution < 1.29 is 19.5 Å². The van der Waals surface area contributed by atoms with E-state index < -0.39 is 17.9 Å². The SMILES string of the molecule is Cc1cc(COc2ccc(C(=O)N[C@@H]3CN(C[C@H]4CCCN4)CC[C@@H]3C(=O)NO)cc2)c2ccccc2n1. The van der Waals surface area contributed by atoms with Gasteiger partial charge in [-0.25, -0.2) is 5.48 Å². The van der Waals surface area contributed by atoms with Crippen LogP contribution in [0.2, 0.25) is 0 Å². The fourth-order valence-electron chi connectivity index (χ4n) is 5.58. The monoisotopic (exact) mass is 517 g/mol. The lowest BCUT2D eigenvalue weighted by Crippen LogP contribution is -2.57. The highest BCUT2D eigenvalue weighted by Gasteiger charge is 2.36. The number of likely N-dealkylation sites (tertiary alicyclic amines) is 1. The second-order valence-corrected chi connectivity index (χ2v) is 10.3. The molecule has 3 heterocycles. The molecule has 2 saturated heterocycles. The summed E-state index contributed by atoms with van der Waals surface area (Å²) < 4.78 is 6.03. The molecule has 2 fully saturated rings. The van der Waals surface area contributed by atoms with Crippen molar-refractivity contribution in [2.24, 2.45) is 5.92 Å². The Bertz CT molecular complexity index is 1280. The number of pyridine rings is 1. The molecule has 0 spiro atoms. The highest BCUT2D eigenvalue weighted by Crippen LogP contribution is 2.23. The number of rotatable bonds is 8. The molecule has 0 aliphatic carbocycles. The lowest BCUT2D eigenvalue weighted by atomic mass is 9.90. The van der Waals surface area contributed by atoms with E-state index >= 15 is 0 Å². The van der Waals surface area contributed by atoms with Gasteiger partial charge < -0.3 is 15.4 Å². The molecule has 2 aliphatic heterocycles. The molecule has 0 saturated carbocycles. The third-order valence-corrected chi connectivity index (χ3v) is 7.54. The molecule has 4 N–H and O–H groups in total. The lowest BCUT2D eigenvalue weighted by molar-refractivity contribution is -0.135. The summed E-state index contributed by atoms with van der Waals surface area (Å²) >= 11 is 0. The number of piperidine rings is 1. The van der Waals surface area contributed by atoms with Gasteiger partial charge in [0.05, 0.1) is 17.5 Å². The van der Waals surface area contributed by atoms with Crippen LogP contribution in [0, 0.1) is 12.8 Å². The molecule has 5 rings (SSSR count). The molecule has 0 radical (unpaired) electrons. The van der Waals surface area contributed by atoms with Gasteiger partial charge in [-0.05, 0) is 75.7 Å². The number of nitrogens with one attached hydrogen (secondary N) is 3. The predicted molar refractivity (Wildman–Crippen MR) is 144 cm³/mol. The van der Waals surface area contributed by atoms with Crippen molar-refractivity contribution in [3.05, 3.63) is 71.4 Å². The minimum absolute atomic E-state index is 0.256. The van der Waals surface area contributed by atoms with E-state index in [1.807, 2.05) is 37.3 Å². The normalized spacial score (nSPS) is 21.8. The van der Waals surface area contributed by atoms with Crippen LogP contribution in [0.5, 0.6) is 5.75 Å². The fraction of sp³-hybridized carbons (Fsp3) is 0.414. The van der Waals surface area contributed by atoms with Gasteiger partial charge in [0.2, 0.25) is 5.91 Å². The van der Waals surface area contributed by atoms with E-state index in [1.54, 1.807) is 29.7 Å². The number of carbonyl (C=O) groups excluding carboxylic acids is 2. The standard InChI is InChI=1S/C29H35N5O4/c1-19-15-21(24-6-2-3-7-26(24)31-19)18-38-23-10-8-20(9-11-23)28(35)32-27-17-34(16-22-5-4-13-30-22)14-12-25(27)29(36)33-37/h2-3,6-11,15,22,25,27,30,37H,4-5,12-14,16-18H2,1H3,(H,32,35)(H,33,36)/t22-,25+,27-/m1/s1. The van der Waals surface area contributed by atoms with E-state index in [9.17, 15) is 14.8 Å². The summed E-state index contributed by atoms with van der Waals surface area (Å²) in [7, 11) is 0. The van der Waals surface area contributed by atoms with Crippen molar-refractivity contribution in [1.82, 2.24) is 26.0 Å². The van der Waals surface area contributed by atoms with Crippen LogP contribution in [-0.2, 0) is 11.4 Å². The first kappa shape index (κ1) is 26.1. The first-order chi connectivity index (χ1) is 18.5. The quantitative estimate of drug-likeness (QED) is 0.268. The van der Waals surface area contributed by atoms with Gasteiger partial charge in [0.15, 0.2) is 0 Å². The molecular formula is C29H35N5O4. The maximum Gasteiger partial charge on any atom is 0.251 e. The first-order valence-corrected chi connectivity index (χ1v) is 13.3. The molecule has 38 heavy (non-hydrogen) atoms. The van der Waals surface area contributed by atoms with Crippen LogP contribution in [0.3, 0.4) is 0 Å². The molecule has 9 nitrogen and oxygen atoms in total. The molecule has 0 unspecified atom stereocenters. The van der Waals surface area contributed by atoms with Gasteiger partial charge >= 0.3 is 0 Å². The summed E-state index contributed by atoms with van der Waals surface area (Å²) in [5.41, 5.74) is 5.18. The number of carbonyl (C=O) groups is 2. The summed E-state index contributed by atoms with van der Waals surface area (Å²) in [6, 6.07) is 17.1. The molecule has 9 heteroatoms. The average Bonchev–Trinajstić information content (AvgIpc) is 3.44. The maximum absolute atomic E-state index is 13.1. The van der Waals surface area contributed by atoms with E-state index in [4.69, 9.17) is 4.74 Å². The van der Waals surface area contributed by atoms with E-state index in [0.29, 0.717) is 36.9 Å². The van der Waals surface area contributed by atoms with Crippen LogP contribution in [-0.4, -0.2) is 65.2 Å². The van der Waals surface area contributed by atoms with E-state index in [-0.39, 0.29) is 5.91 Å². The summed E-state index contributed by atoms with van der Waals surface area (Å²) in [5, 5.41) is 16.8. The molecule has 2 aromatic carbocycles. The lowest BCUT2D eigenvalue weighted by Gasteiger charge is -2.38. The van der Waals surface area contributed by atoms with Crippen molar-refractivity contribution in [3.8, 4) is 5.75 Å². The van der Waals surface area contributed by atoms with Crippen LogP contribution in [0.1, 0.15) is 40.9 Å². The third kappa shape index (κ3) is 6.12. The molecule has 2 aliphatic rings. The van der Waals surface area contributed by atoms with Crippen LogP contribution < -0.4 is 20.9 Å². The summed E-state index contributed by atoms with van der Waals surface area (Å²) in [6.45, 7) is 5.59. The van der Waals surface area contributed by atoms with Gasteiger partial charge in [-0.3, -0.25) is 24.7 Å². The summed E-state index contributed by atoms with van der Waals surface area (Å²) in [5.74, 6) is -0.547. The fourth-order valence-corrected chi connectivity index (χ4v) is 5.58. The Balaban J connectivity index is 1.22. The molecule has 3 aromatic rings. The van der Waals surface area contributed by atoms with Crippen molar-refractivity contribution >= 4 is 22.7 Å². The van der Waals surface area contributed by atoms with Crippen LogP contribution >= 0.6 is 0 Å². The number of para-hydroxylation sites is 1. The number of hydroxylamine groups is 1. The van der Waals surface area contributed by atoms with Crippen molar-refractivity contribution in [2.45, 2.75) is 44.9 Å². The van der Waals surface area contributed by atoms with E-state index in [0.717, 1.165) is 48.2 Å². The highest BCUT2D eigenvalue weighted by molar-refractivity contribution is 5.95. The Kier molecular flexibility index (Phi) is 8.17. The van der Waals surface area contributed by atoms with Crippen LogP contribution in [0.25, 0.3) is 10.9 Å². The van der Waals surface area contributed by atoms with E-state index in [2.05, 4.69) is 20.5 Å². The number of hydrogen-bond donors (Lipinski definition) is 4. The van der Waals surface area contributed by atoms with Crippen LogP contribution in [0.4, 0.5) is 0 Å². The number of aromatic nitrogens is 1. The Hall–Kier alpha value is -3.53. The second-order valence-electron chi connectivity index (χ2n) is 10.3. The molecule has 0 bridgehead atoms. The molecule has 2 amide bonds. The predicted octanol–water partition coefficient (Wildman–Crippen LogP) is 2.80. The molecule has 200 valence electrons. The number of fused-ring (bicyclic) bond motifs is 1. The van der Waals surface area contributed by atoms with Gasteiger partial charge in [-0.1, -0.05) is 18.2 Å². The second kappa shape index (κ2) is 11.9. The largest absolute Gasteiger partial charge is 0.489 e. The van der Waals surface area contributed by atoms with Crippen molar-refractivity contribution in [2.75, 3.05) is 26.2 Å². The zero-order valence-electron chi connectivity index (χ0n) is 21.7. The van der Waals surface area contributed by atoms with E-state index in [1.165, 1.54) is 6.42 Å². The minimum Gasteiger partial charge on any atom is -0.489 e. The number of amides is 2. The zero-order chi connectivity index (χ0) is 26.5. The van der Waals surface area contributed by atoms with Crippen molar-refractivity contribution in [1.29, 1.82) is 0 Å². The molecule has 3 atom stereocenters. The number of nitrogens with zero attached hydrogens (tertiary/aromatic N) is 2. The number of hydrogen-bond acceptors (Lipinski definition) is 7. The number of aryl methyl sites for hydroxylation is 1.